The number of aryl methyl sites for hydroxylation is 2. The molecule has 2 aromatic carbocycles. The van der Waals surface area contributed by atoms with Crippen molar-refractivity contribution in [2.24, 2.45) is 7.05 Å². The number of aromatic nitrogens is 2. The zero-order chi connectivity index (χ0) is 12.0. The summed E-state index contributed by atoms with van der Waals surface area (Å²) in [5, 5.41) is 6.73. The molecule has 1 aromatic heterocycles. The maximum Gasteiger partial charge on any atom is 0.197 e. The van der Waals surface area contributed by atoms with Crippen molar-refractivity contribution in [3.05, 3.63) is 52.3 Å². The van der Waals surface area contributed by atoms with Gasteiger partial charge >= 0.3 is 0 Å². The second-order valence-corrected chi connectivity index (χ2v) is 4.22. The topological polar surface area (TPSA) is 34.9 Å². The van der Waals surface area contributed by atoms with E-state index in [0.29, 0.717) is 5.39 Å². The van der Waals surface area contributed by atoms with E-state index in [9.17, 15) is 4.79 Å². The molecule has 0 fully saturated rings. The van der Waals surface area contributed by atoms with Crippen molar-refractivity contribution in [1.82, 2.24) is 9.78 Å². The standard InChI is InChI=1S/C14H12N2O/c1-9-13-12(16(2)15-9)8-7-10-5-3-4-6-11(10)14(13)17/h3-8H,1-2H3. The van der Waals surface area contributed by atoms with Crippen LogP contribution in [0.5, 0.6) is 0 Å². The lowest BCUT2D eigenvalue weighted by Crippen LogP contribution is -1.98. The fraction of sp³-hybridized carbons (Fsp3) is 0.143. The van der Waals surface area contributed by atoms with Crippen molar-refractivity contribution in [1.29, 1.82) is 0 Å². The molecular weight excluding hydrogens is 212 g/mol. The fourth-order valence-corrected chi connectivity index (χ4v) is 2.30. The highest BCUT2D eigenvalue weighted by Crippen LogP contribution is 2.16. The summed E-state index contributed by atoms with van der Waals surface area (Å²) in [6, 6.07) is 11.6. The summed E-state index contributed by atoms with van der Waals surface area (Å²) in [6.07, 6.45) is 0. The Bertz CT molecular complexity index is 787. The molecule has 0 saturated heterocycles. The number of rotatable bonds is 0. The highest BCUT2D eigenvalue weighted by atomic mass is 16.1. The van der Waals surface area contributed by atoms with Crippen LogP contribution < -0.4 is 5.43 Å². The summed E-state index contributed by atoms with van der Waals surface area (Å²) in [6.45, 7) is 1.87. The minimum absolute atomic E-state index is 0.0613. The van der Waals surface area contributed by atoms with E-state index in [2.05, 4.69) is 5.10 Å². The normalized spacial score (nSPS) is 11.2. The first kappa shape index (κ1) is 10.0. The highest BCUT2D eigenvalue weighted by Gasteiger charge is 2.09. The summed E-state index contributed by atoms with van der Waals surface area (Å²) < 4.78 is 1.75. The number of hydrogen-bond donors (Lipinski definition) is 0. The lowest BCUT2D eigenvalue weighted by molar-refractivity contribution is 0.783. The van der Waals surface area contributed by atoms with Crippen LogP contribution in [0.15, 0.2) is 41.2 Å². The third kappa shape index (κ3) is 1.35. The van der Waals surface area contributed by atoms with Gasteiger partial charge in [-0.05, 0) is 18.4 Å². The molecule has 0 radical (unpaired) electrons. The van der Waals surface area contributed by atoms with E-state index in [1.54, 1.807) is 4.68 Å². The van der Waals surface area contributed by atoms with Crippen LogP contribution in [0.3, 0.4) is 0 Å². The van der Waals surface area contributed by atoms with Crippen LogP contribution in [0, 0.1) is 6.92 Å². The van der Waals surface area contributed by atoms with E-state index >= 15 is 0 Å². The van der Waals surface area contributed by atoms with Crippen LogP contribution in [-0.4, -0.2) is 9.78 Å². The van der Waals surface area contributed by atoms with Gasteiger partial charge in [-0.15, -0.1) is 0 Å². The molecule has 3 heteroatoms. The van der Waals surface area contributed by atoms with E-state index in [-0.39, 0.29) is 5.43 Å². The molecule has 0 bridgehead atoms. The molecule has 0 spiro atoms. The summed E-state index contributed by atoms with van der Waals surface area (Å²) in [5.41, 5.74) is 1.73. The zero-order valence-corrected chi connectivity index (χ0v) is 9.77. The van der Waals surface area contributed by atoms with E-state index in [1.807, 2.05) is 50.4 Å². The molecule has 0 amide bonds. The van der Waals surface area contributed by atoms with E-state index in [1.165, 1.54) is 0 Å². The van der Waals surface area contributed by atoms with Crippen LogP contribution in [0.25, 0.3) is 21.7 Å². The zero-order valence-electron chi connectivity index (χ0n) is 9.77. The Hall–Kier alpha value is -2.16. The lowest BCUT2D eigenvalue weighted by atomic mass is 10.1. The predicted octanol–water partition coefficient (Wildman–Crippen LogP) is 2.40. The minimum atomic E-state index is 0.0613. The van der Waals surface area contributed by atoms with Gasteiger partial charge in [0.1, 0.15) is 0 Å². The molecule has 0 aliphatic carbocycles. The second kappa shape index (κ2) is 3.42. The van der Waals surface area contributed by atoms with Crippen molar-refractivity contribution in [2.45, 2.75) is 6.92 Å². The maximum atomic E-state index is 12.5. The highest BCUT2D eigenvalue weighted by molar-refractivity contribution is 5.92. The summed E-state index contributed by atoms with van der Waals surface area (Å²) in [4.78, 5) is 12.5. The molecule has 0 aliphatic heterocycles. The Labute approximate surface area is 98.3 Å². The van der Waals surface area contributed by atoms with Gasteiger partial charge in [-0.1, -0.05) is 30.3 Å². The average molecular weight is 224 g/mol. The minimum Gasteiger partial charge on any atom is -0.288 e. The van der Waals surface area contributed by atoms with Gasteiger partial charge in [-0.25, -0.2) is 0 Å². The van der Waals surface area contributed by atoms with Gasteiger partial charge < -0.3 is 0 Å². The Morgan fingerprint density at radius 2 is 1.88 bits per heavy atom. The van der Waals surface area contributed by atoms with Gasteiger partial charge in [0.15, 0.2) is 5.43 Å². The number of nitrogens with zero attached hydrogens (tertiary/aromatic N) is 2. The first-order chi connectivity index (χ1) is 8.18. The molecule has 3 nitrogen and oxygen atoms in total. The molecule has 84 valence electrons. The lowest BCUT2D eigenvalue weighted by Gasteiger charge is -1.88. The molecule has 17 heavy (non-hydrogen) atoms. The molecule has 0 saturated carbocycles. The SMILES string of the molecule is Cc1nn(C)c2ccc3ccccc3c(=O)c12. The van der Waals surface area contributed by atoms with E-state index < -0.39 is 0 Å². The molecule has 0 atom stereocenters. The smallest absolute Gasteiger partial charge is 0.197 e. The average Bonchev–Trinajstić information content (AvgIpc) is 2.51. The molecule has 0 aliphatic rings. The van der Waals surface area contributed by atoms with E-state index in [0.717, 1.165) is 22.0 Å². The molecule has 0 unspecified atom stereocenters. The second-order valence-electron chi connectivity index (χ2n) is 4.22. The van der Waals surface area contributed by atoms with Crippen molar-refractivity contribution in [3.8, 4) is 0 Å². The van der Waals surface area contributed by atoms with Gasteiger partial charge in [-0.3, -0.25) is 9.48 Å². The van der Waals surface area contributed by atoms with Crippen molar-refractivity contribution in [2.75, 3.05) is 0 Å². The molecule has 3 aromatic rings. The molecule has 0 N–H and O–H groups in total. The number of benzene rings is 1. The number of hydrogen-bond acceptors (Lipinski definition) is 2. The van der Waals surface area contributed by atoms with Crippen LogP contribution in [0.4, 0.5) is 0 Å². The van der Waals surface area contributed by atoms with Gasteiger partial charge in [0.25, 0.3) is 0 Å². The summed E-state index contributed by atoms with van der Waals surface area (Å²) in [5.74, 6) is 0. The van der Waals surface area contributed by atoms with Crippen molar-refractivity contribution in [3.63, 3.8) is 0 Å². The van der Waals surface area contributed by atoms with Crippen LogP contribution in [0.2, 0.25) is 0 Å². The van der Waals surface area contributed by atoms with Gasteiger partial charge in [-0.2, -0.15) is 5.10 Å². The fourth-order valence-electron chi connectivity index (χ4n) is 2.30. The summed E-state index contributed by atoms with van der Waals surface area (Å²) >= 11 is 0. The predicted molar refractivity (Wildman–Crippen MR) is 69.2 cm³/mol. The Balaban J connectivity index is 2.71. The van der Waals surface area contributed by atoms with Gasteiger partial charge in [0.05, 0.1) is 16.6 Å². The van der Waals surface area contributed by atoms with Crippen LogP contribution >= 0.6 is 0 Å². The largest absolute Gasteiger partial charge is 0.288 e. The Morgan fingerprint density at radius 3 is 2.71 bits per heavy atom. The van der Waals surface area contributed by atoms with Crippen LogP contribution in [0.1, 0.15) is 5.69 Å². The summed E-state index contributed by atoms with van der Waals surface area (Å²) in [7, 11) is 1.86. The van der Waals surface area contributed by atoms with Gasteiger partial charge in [0, 0.05) is 12.4 Å². The van der Waals surface area contributed by atoms with Crippen molar-refractivity contribution >= 4 is 21.7 Å². The third-order valence-electron chi connectivity index (χ3n) is 3.12. The van der Waals surface area contributed by atoms with Crippen LogP contribution in [-0.2, 0) is 7.05 Å². The molecule has 3 rings (SSSR count). The first-order valence-corrected chi connectivity index (χ1v) is 5.54. The monoisotopic (exact) mass is 224 g/mol. The molecular formula is C14H12N2O. The Kier molecular flexibility index (Phi) is 2.01. The maximum absolute atomic E-state index is 12.5. The third-order valence-corrected chi connectivity index (χ3v) is 3.12. The van der Waals surface area contributed by atoms with E-state index in [4.69, 9.17) is 0 Å². The Morgan fingerprint density at radius 1 is 1.12 bits per heavy atom. The number of fused-ring (bicyclic) bond motifs is 2. The first-order valence-electron chi connectivity index (χ1n) is 5.54. The van der Waals surface area contributed by atoms with Crippen molar-refractivity contribution < 1.29 is 0 Å². The molecule has 1 heterocycles. The quantitative estimate of drug-likeness (QED) is 0.587. The van der Waals surface area contributed by atoms with Gasteiger partial charge in [0.2, 0.25) is 0 Å².